The maximum absolute atomic E-state index is 13.3. The highest BCUT2D eigenvalue weighted by molar-refractivity contribution is 6.42. The third kappa shape index (κ3) is 3.82. The van der Waals surface area contributed by atoms with E-state index in [2.05, 4.69) is 17.5 Å². The molecule has 1 saturated heterocycles. The lowest BCUT2D eigenvalue weighted by Gasteiger charge is -2.36. The second-order valence-corrected chi connectivity index (χ2v) is 8.99. The number of benzene rings is 2. The van der Waals surface area contributed by atoms with E-state index < -0.39 is 0 Å². The maximum atomic E-state index is 13.3. The fourth-order valence-corrected chi connectivity index (χ4v) is 4.73. The number of carbonyl (C=O) groups excluding carboxylic acids is 1. The van der Waals surface area contributed by atoms with Crippen molar-refractivity contribution in [2.24, 2.45) is 0 Å². The molecule has 2 aromatic rings. The van der Waals surface area contributed by atoms with Crippen molar-refractivity contribution in [3.8, 4) is 11.5 Å². The molecule has 0 unspecified atom stereocenters. The van der Waals surface area contributed by atoms with Crippen LogP contribution in [-0.2, 0) is 11.3 Å². The monoisotopic (exact) mass is 491 g/mol. The van der Waals surface area contributed by atoms with Crippen LogP contribution in [0, 0.1) is 0 Å². The molecule has 0 aromatic heterocycles. The molecule has 0 bridgehead atoms. The molecule has 0 radical (unpaired) electrons. The minimum Gasteiger partial charge on any atom is -0.454 e. The molecule has 9 heteroatoms. The van der Waals surface area contributed by atoms with Crippen molar-refractivity contribution in [3.63, 3.8) is 0 Å². The van der Waals surface area contributed by atoms with Crippen molar-refractivity contribution in [2.45, 2.75) is 6.54 Å². The molecular formula is C23H20Cl3N3O3. The Balaban J connectivity index is 1.26. The molecule has 2 aromatic carbocycles. The predicted molar refractivity (Wildman–Crippen MR) is 125 cm³/mol. The molecule has 5 rings (SSSR count). The lowest BCUT2D eigenvalue weighted by Crippen LogP contribution is -2.47. The van der Waals surface area contributed by atoms with Gasteiger partial charge in [-0.3, -0.25) is 14.6 Å². The van der Waals surface area contributed by atoms with Gasteiger partial charge in [0.15, 0.2) is 11.5 Å². The van der Waals surface area contributed by atoms with E-state index in [-0.39, 0.29) is 12.7 Å². The number of hydrogen-bond donors (Lipinski definition) is 0. The Hall–Kier alpha value is -2.38. The van der Waals surface area contributed by atoms with E-state index in [1.165, 1.54) is 4.90 Å². The normalized spacial score (nSPS) is 18.8. The molecule has 0 spiro atoms. The van der Waals surface area contributed by atoms with Crippen LogP contribution in [0.3, 0.4) is 0 Å². The second-order valence-electron chi connectivity index (χ2n) is 7.80. The number of ether oxygens (including phenoxy) is 2. The van der Waals surface area contributed by atoms with Crippen molar-refractivity contribution < 1.29 is 14.3 Å². The summed E-state index contributed by atoms with van der Waals surface area (Å²) in [4.78, 5) is 19.1. The van der Waals surface area contributed by atoms with Crippen LogP contribution in [0.15, 0.2) is 59.4 Å². The number of halogens is 3. The van der Waals surface area contributed by atoms with Gasteiger partial charge in [-0.2, -0.15) is 0 Å². The lowest BCUT2D eigenvalue weighted by molar-refractivity contribution is -0.115. The first-order valence-corrected chi connectivity index (χ1v) is 11.3. The second kappa shape index (κ2) is 8.52. The van der Waals surface area contributed by atoms with E-state index >= 15 is 0 Å². The number of allylic oxidation sites excluding steroid dienone is 1. The van der Waals surface area contributed by atoms with Crippen molar-refractivity contribution in [1.29, 1.82) is 0 Å². The minimum atomic E-state index is -0.206. The molecule has 1 fully saturated rings. The minimum absolute atomic E-state index is 0.206. The molecular weight excluding hydrogens is 473 g/mol. The summed E-state index contributed by atoms with van der Waals surface area (Å²) in [5.74, 6) is 1.37. The van der Waals surface area contributed by atoms with Crippen LogP contribution >= 0.6 is 34.8 Å². The summed E-state index contributed by atoms with van der Waals surface area (Å²) >= 11 is 18.7. The van der Waals surface area contributed by atoms with Gasteiger partial charge in [0, 0.05) is 32.7 Å². The quantitative estimate of drug-likeness (QED) is 0.610. The summed E-state index contributed by atoms with van der Waals surface area (Å²) in [6, 6.07) is 11.0. The van der Waals surface area contributed by atoms with Crippen LogP contribution in [0.5, 0.6) is 11.5 Å². The number of nitrogens with zero attached hydrogens (tertiary/aromatic N) is 3. The molecule has 0 saturated carbocycles. The number of rotatable bonds is 4. The largest absolute Gasteiger partial charge is 0.454 e. The summed E-state index contributed by atoms with van der Waals surface area (Å²) in [5, 5.41) is 1.15. The van der Waals surface area contributed by atoms with Crippen molar-refractivity contribution in [1.82, 2.24) is 9.80 Å². The molecule has 1 amide bonds. The highest BCUT2D eigenvalue weighted by atomic mass is 35.5. The average molecular weight is 493 g/mol. The third-order valence-corrected chi connectivity index (χ3v) is 6.97. The Bertz CT molecular complexity index is 1140. The first-order chi connectivity index (χ1) is 15.4. The molecule has 3 heterocycles. The number of fused-ring (bicyclic) bond motifs is 1. The Labute approximate surface area is 201 Å². The van der Waals surface area contributed by atoms with E-state index in [4.69, 9.17) is 44.3 Å². The summed E-state index contributed by atoms with van der Waals surface area (Å²) in [6.07, 6.45) is 0. The first kappa shape index (κ1) is 21.5. The molecule has 0 atom stereocenters. The summed E-state index contributed by atoms with van der Waals surface area (Å²) in [5.41, 5.74) is 2.67. The van der Waals surface area contributed by atoms with E-state index in [1.807, 2.05) is 17.0 Å². The number of hydrogen-bond acceptors (Lipinski definition) is 5. The molecule has 6 nitrogen and oxygen atoms in total. The van der Waals surface area contributed by atoms with Crippen LogP contribution in [0.1, 0.15) is 5.56 Å². The molecule has 166 valence electrons. The zero-order valence-electron chi connectivity index (χ0n) is 17.1. The van der Waals surface area contributed by atoms with Crippen LogP contribution in [0.25, 0.3) is 0 Å². The standard InChI is InChI=1S/C23H20Cl3N3O3/c1-14-21(26)22(23(30)29(14)16-3-4-17(24)18(25)11-16)28-8-6-27(7-9-28)12-15-2-5-19-20(10-15)32-13-31-19/h2-5,10-11H,1,6-9,12-13H2. The maximum Gasteiger partial charge on any atom is 0.280 e. The highest BCUT2D eigenvalue weighted by Gasteiger charge is 2.38. The lowest BCUT2D eigenvalue weighted by atomic mass is 10.1. The Morgan fingerprint density at radius 3 is 2.41 bits per heavy atom. The highest BCUT2D eigenvalue weighted by Crippen LogP contribution is 2.39. The fraction of sp³-hybridized carbons (Fsp3) is 0.261. The summed E-state index contributed by atoms with van der Waals surface area (Å²) in [6.45, 7) is 8.06. The SMILES string of the molecule is C=C1C(Cl)=C(N2CCN(Cc3ccc4c(c3)OCO4)CC2)C(=O)N1c1ccc(Cl)c(Cl)c1. The van der Waals surface area contributed by atoms with Gasteiger partial charge in [0.25, 0.3) is 5.91 Å². The van der Waals surface area contributed by atoms with Gasteiger partial charge < -0.3 is 14.4 Å². The average Bonchev–Trinajstić information content (AvgIpc) is 3.33. The molecule has 32 heavy (non-hydrogen) atoms. The summed E-state index contributed by atoms with van der Waals surface area (Å²) in [7, 11) is 0. The van der Waals surface area contributed by atoms with Crippen LogP contribution in [0.2, 0.25) is 10.0 Å². The zero-order chi connectivity index (χ0) is 22.4. The first-order valence-electron chi connectivity index (χ1n) is 10.2. The van der Waals surface area contributed by atoms with Gasteiger partial charge in [-0.15, -0.1) is 0 Å². The Kier molecular flexibility index (Phi) is 5.72. The van der Waals surface area contributed by atoms with E-state index in [0.717, 1.165) is 36.7 Å². The van der Waals surface area contributed by atoms with Gasteiger partial charge in [0.1, 0.15) is 5.70 Å². The summed E-state index contributed by atoms with van der Waals surface area (Å²) < 4.78 is 10.9. The van der Waals surface area contributed by atoms with E-state index in [0.29, 0.717) is 45.2 Å². The van der Waals surface area contributed by atoms with Crippen molar-refractivity contribution in [3.05, 3.63) is 75.0 Å². The number of carbonyl (C=O) groups is 1. The number of amides is 1. The van der Waals surface area contributed by atoms with Crippen molar-refractivity contribution in [2.75, 3.05) is 37.9 Å². The van der Waals surface area contributed by atoms with Gasteiger partial charge in [-0.05, 0) is 35.9 Å². The molecule has 3 aliphatic rings. The van der Waals surface area contributed by atoms with Gasteiger partial charge in [0.05, 0.1) is 26.5 Å². The molecule has 3 aliphatic heterocycles. The number of piperazine rings is 1. The smallest absolute Gasteiger partial charge is 0.280 e. The van der Waals surface area contributed by atoms with Crippen LogP contribution < -0.4 is 14.4 Å². The Morgan fingerprint density at radius 1 is 0.906 bits per heavy atom. The van der Waals surface area contributed by atoms with Crippen LogP contribution in [-0.4, -0.2) is 48.7 Å². The molecule has 0 N–H and O–H groups in total. The topological polar surface area (TPSA) is 45.3 Å². The predicted octanol–water partition coefficient (Wildman–Crippen LogP) is 4.85. The molecule has 0 aliphatic carbocycles. The third-order valence-electron chi connectivity index (χ3n) is 5.83. The van der Waals surface area contributed by atoms with E-state index in [9.17, 15) is 4.79 Å². The van der Waals surface area contributed by atoms with E-state index in [1.54, 1.807) is 18.2 Å². The Morgan fingerprint density at radius 2 is 1.66 bits per heavy atom. The van der Waals surface area contributed by atoms with Crippen molar-refractivity contribution >= 4 is 46.4 Å². The number of anilines is 1. The van der Waals surface area contributed by atoms with Crippen LogP contribution in [0.4, 0.5) is 5.69 Å². The fourth-order valence-electron chi connectivity index (χ4n) is 4.16. The van der Waals surface area contributed by atoms with Gasteiger partial charge >= 0.3 is 0 Å². The zero-order valence-corrected chi connectivity index (χ0v) is 19.4. The van der Waals surface area contributed by atoms with Gasteiger partial charge in [0.2, 0.25) is 6.79 Å². The van der Waals surface area contributed by atoms with Gasteiger partial charge in [-0.25, -0.2) is 0 Å². The van der Waals surface area contributed by atoms with Gasteiger partial charge in [-0.1, -0.05) is 47.4 Å².